The van der Waals surface area contributed by atoms with E-state index in [0.29, 0.717) is 5.56 Å². The van der Waals surface area contributed by atoms with Crippen molar-refractivity contribution in [3.63, 3.8) is 0 Å². The van der Waals surface area contributed by atoms with Crippen LogP contribution in [-0.4, -0.2) is 5.78 Å². The second kappa shape index (κ2) is 6.01. The normalized spacial score (nSPS) is 10.4. The minimum Gasteiger partial charge on any atom is -0.487 e. The summed E-state index contributed by atoms with van der Waals surface area (Å²) >= 11 is 5.95. The van der Waals surface area contributed by atoms with Gasteiger partial charge in [-0.25, -0.2) is 8.78 Å². The largest absolute Gasteiger partial charge is 0.487 e. The van der Waals surface area contributed by atoms with Crippen molar-refractivity contribution < 1.29 is 18.3 Å². The molecule has 20 heavy (non-hydrogen) atoms. The molecule has 0 unspecified atom stereocenters. The molecule has 0 amide bonds. The lowest BCUT2D eigenvalue weighted by molar-refractivity contribution is 0.101. The summed E-state index contributed by atoms with van der Waals surface area (Å²) in [5.74, 6) is -1.22. The highest BCUT2D eigenvalue weighted by molar-refractivity contribution is 6.32. The summed E-state index contributed by atoms with van der Waals surface area (Å²) in [6.07, 6.45) is 0. The van der Waals surface area contributed by atoms with Gasteiger partial charge in [0, 0.05) is 5.56 Å². The van der Waals surface area contributed by atoms with Crippen LogP contribution in [0, 0.1) is 11.6 Å². The van der Waals surface area contributed by atoms with Crippen LogP contribution >= 0.6 is 11.6 Å². The van der Waals surface area contributed by atoms with E-state index in [9.17, 15) is 13.6 Å². The van der Waals surface area contributed by atoms with Crippen LogP contribution in [0.1, 0.15) is 22.8 Å². The van der Waals surface area contributed by atoms with Crippen LogP contribution in [0.5, 0.6) is 5.75 Å². The molecular weight excluding hydrogens is 286 g/mol. The summed E-state index contributed by atoms with van der Waals surface area (Å²) in [5, 5.41) is 0.217. The second-order valence-electron chi connectivity index (χ2n) is 4.19. The number of halogens is 3. The molecule has 104 valence electrons. The molecule has 0 atom stereocenters. The predicted molar refractivity (Wildman–Crippen MR) is 72.1 cm³/mol. The van der Waals surface area contributed by atoms with Gasteiger partial charge in [-0.3, -0.25) is 4.79 Å². The molecule has 0 fully saturated rings. The van der Waals surface area contributed by atoms with Gasteiger partial charge in [-0.2, -0.15) is 0 Å². The first-order valence-corrected chi connectivity index (χ1v) is 6.23. The van der Waals surface area contributed by atoms with Gasteiger partial charge in [0.05, 0.1) is 10.6 Å². The van der Waals surface area contributed by atoms with E-state index < -0.39 is 11.6 Å². The van der Waals surface area contributed by atoms with Gasteiger partial charge < -0.3 is 4.74 Å². The maximum absolute atomic E-state index is 13.4. The zero-order chi connectivity index (χ0) is 14.7. The number of Topliss-reactive ketones (excluding diaryl/α,β-unsaturated/α-hetero) is 1. The first-order chi connectivity index (χ1) is 9.49. The molecule has 0 radical (unpaired) electrons. The monoisotopic (exact) mass is 296 g/mol. The molecule has 2 rings (SSSR count). The van der Waals surface area contributed by atoms with Crippen molar-refractivity contribution in [2.24, 2.45) is 0 Å². The van der Waals surface area contributed by atoms with Gasteiger partial charge >= 0.3 is 0 Å². The van der Waals surface area contributed by atoms with Gasteiger partial charge in [0.1, 0.15) is 24.0 Å². The van der Waals surface area contributed by atoms with Crippen molar-refractivity contribution in [3.8, 4) is 5.75 Å². The van der Waals surface area contributed by atoms with Crippen molar-refractivity contribution >= 4 is 17.4 Å². The van der Waals surface area contributed by atoms with E-state index in [1.807, 2.05) is 0 Å². The number of hydrogen-bond acceptors (Lipinski definition) is 2. The van der Waals surface area contributed by atoms with Crippen molar-refractivity contribution in [2.75, 3.05) is 0 Å². The smallest absolute Gasteiger partial charge is 0.159 e. The lowest BCUT2D eigenvalue weighted by atomic mass is 10.1. The Balaban J connectivity index is 2.17. The first-order valence-electron chi connectivity index (χ1n) is 5.85. The van der Waals surface area contributed by atoms with Crippen molar-refractivity contribution in [2.45, 2.75) is 13.5 Å². The van der Waals surface area contributed by atoms with Crippen LogP contribution < -0.4 is 4.74 Å². The molecule has 5 heteroatoms. The minimum atomic E-state index is -0.679. The van der Waals surface area contributed by atoms with Crippen LogP contribution in [0.2, 0.25) is 5.02 Å². The number of ketones is 1. The van der Waals surface area contributed by atoms with Gasteiger partial charge in [0.2, 0.25) is 0 Å². The Hall–Kier alpha value is -1.94. The molecule has 2 aromatic rings. The third-order valence-corrected chi connectivity index (χ3v) is 3.07. The van der Waals surface area contributed by atoms with Crippen molar-refractivity contribution in [1.29, 1.82) is 0 Å². The van der Waals surface area contributed by atoms with Gasteiger partial charge in [0.15, 0.2) is 5.78 Å². The fraction of sp³-hybridized carbons (Fsp3) is 0.133. The molecule has 0 saturated carbocycles. The summed E-state index contributed by atoms with van der Waals surface area (Å²) in [4.78, 5) is 11.2. The number of carbonyl (C=O) groups excluding carboxylic acids is 1. The maximum Gasteiger partial charge on any atom is 0.159 e. The fourth-order valence-electron chi connectivity index (χ4n) is 1.66. The molecule has 0 aliphatic carbocycles. The summed E-state index contributed by atoms with van der Waals surface area (Å²) < 4.78 is 32.1. The summed E-state index contributed by atoms with van der Waals surface area (Å²) in [6.45, 7) is 1.14. The first kappa shape index (κ1) is 14.5. The minimum absolute atomic E-state index is 0.126. The van der Waals surface area contributed by atoms with Gasteiger partial charge in [0.25, 0.3) is 0 Å². The Morgan fingerprint density at radius 2 is 1.85 bits per heavy atom. The van der Waals surface area contributed by atoms with Crippen LogP contribution in [-0.2, 0) is 6.61 Å². The lowest BCUT2D eigenvalue weighted by Crippen LogP contribution is -2.02. The topological polar surface area (TPSA) is 26.3 Å². The lowest BCUT2D eigenvalue weighted by Gasteiger charge is -2.10. The zero-order valence-corrected chi connectivity index (χ0v) is 11.4. The fourth-order valence-corrected chi connectivity index (χ4v) is 1.89. The maximum atomic E-state index is 13.4. The van der Waals surface area contributed by atoms with Crippen LogP contribution in [0.4, 0.5) is 8.78 Å². The Kier molecular flexibility index (Phi) is 4.35. The molecule has 0 aromatic heterocycles. The summed E-state index contributed by atoms with van der Waals surface area (Å²) in [5.41, 5.74) is 0.277. The van der Waals surface area contributed by atoms with Crippen LogP contribution in [0.3, 0.4) is 0 Å². The highest BCUT2D eigenvalue weighted by atomic mass is 35.5. The van der Waals surface area contributed by atoms with E-state index in [2.05, 4.69) is 0 Å². The molecule has 0 spiro atoms. The zero-order valence-electron chi connectivity index (χ0n) is 10.6. The van der Waals surface area contributed by atoms with Crippen LogP contribution in [0.25, 0.3) is 0 Å². The summed E-state index contributed by atoms with van der Waals surface area (Å²) in [6, 6.07) is 8.09. The summed E-state index contributed by atoms with van der Waals surface area (Å²) in [7, 11) is 0. The van der Waals surface area contributed by atoms with E-state index in [0.717, 1.165) is 12.1 Å². The number of carbonyl (C=O) groups is 1. The Labute approximate surface area is 119 Å². The van der Waals surface area contributed by atoms with Gasteiger partial charge in [-0.05, 0) is 37.3 Å². The molecule has 0 heterocycles. The van der Waals surface area contributed by atoms with E-state index in [-0.39, 0.29) is 28.7 Å². The second-order valence-corrected chi connectivity index (χ2v) is 4.60. The van der Waals surface area contributed by atoms with E-state index >= 15 is 0 Å². The molecule has 0 N–H and O–H groups in total. The molecule has 2 nitrogen and oxygen atoms in total. The van der Waals surface area contributed by atoms with E-state index in [1.165, 1.54) is 25.1 Å². The Morgan fingerprint density at radius 1 is 1.20 bits per heavy atom. The van der Waals surface area contributed by atoms with Crippen molar-refractivity contribution in [1.82, 2.24) is 0 Å². The quantitative estimate of drug-likeness (QED) is 0.782. The standard InChI is InChI=1S/C15H11ClF2O2/c1-9(19)10-5-6-15(12(16)7-10)20-8-11-13(17)3-2-4-14(11)18/h2-7H,8H2,1H3. The SMILES string of the molecule is CC(=O)c1ccc(OCc2c(F)cccc2F)c(Cl)c1. The molecule has 2 aromatic carbocycles. The van der Waals surface area contributed by atoms with Crippen molar-refractivity contribution in [3.05, 3.63) is 64.2 Å². The van der Waals surface area contributed by atoms with E-state index in [1.54, 1.807) is 6.07 Å². The molecule has 0 aliphatic heterocycles. The Morgan fingerprint density at radius 3 is 2.40 bits per heavy atom. The Bertz CT molecular complexity index is 636. The number of rotatable bonds is 4. The highest BCUT2D eigenvalue weighted by Crippen LogP contribution is 2.27. The number of ether oxygens (including phenoxy) is 1. The van der Waals surface area contributed by atoms with Crippen LogP contribution in [0.15, 0.2) is 36.4 Å². The number of hydrogen-bond donors (Lipinski definition) is 0. The predicted octanol–water partition coefficient (Wildman–Crippen LogP) is 4.40. The van der Waals surface area contributed by atoms with Gasteiger partial charge in [-0.1, -0.05) is 17.7 Å². The molecule has 0 saturated heterocycles. The molecular formula is C15H11ClF2O2. The van der Waals surface area contributed by atoms with E-state index in [4.69, 9.17) is 16.3 Å². The highest BCUT2D eigenvalue weighted by Gasteiger charge is 2.11. The molecule has 0 aliphatic rings. The average Bonchev–Trinajstić information content (AvgIpc) is 2.39. The third kappa shape index (κ3) is 3.14. The average molecular weight is 297 g/mol. The van der Waals surface area contributed by atoms with Gasteiger partial charge in [-0.15, -0.1) is 0 Å². The number of benzene rings is 2. The third-order valence-electron chi connectivity index (χ3n) is 2.77. The molecule has 0 bridgehead atoms.